The van der Waals surface area contributed by atoms with Crippen molar-refractivity contribution in [2.45, 2.75) is 6.92 Å². The number of rotatable bonds is 3. The van der Waals surface area contributed by atoms with E-state index in [4.69, 9.17) is 5.73 Å². The van der Waals surface area contributed by atoms with Crippen molar-refractivity contribution in [1.29, 1.82) is 0 Å². The molecule has 92 valence electrons. The first kappa shape index (κ1) is 12.0. The molecule has 5 heteroatoms. The molecule has 1 aromatic carbocycles. The van der Waals surface area contributed by atoms with E-state index < -0.39 is 0 Å². The molecule has 2 aromatic rings. The summed E-state index contributed by atoms with van der Waals surface area (Å²) in [6, 6.07) is 7.26. The van der Waals surface area contributed by atoms with Crippen LogP contribution in [0.25, 0.3) is 0 Å². The minimum atomic E-state index is -0.205. The van der Waals surface area contributed by atoms with Gasteiger partial charge in [0.25, 0.3) is 5.91 Å². The normalized spacial score (nSPS) is 10.1. The van der Waals surface area contributed by atoms with Crippen LogP contribution in [-0.2, 0) is 0 Å². The Morgan fingerprint density at radius 3 is 2.72 bits per heavy atom. The monoisotopic (exact) mass is 242 g/mol. The average molecular weight is 242 g/mol. The Hall–Kier alpha value is -2.43. The molecule has 0 spiro atoms. The summed E-state index contributed by atoms with van der Waals surface area (Å²) < 4.78 is 0. The number of nitrogens with zero attached hydrogens (tertiary/aromatic N) is 3. The standard InChI is InChI=1S/C13H14N4O/c1-2-17(12-6-4-3-5-10(12)14)13(18)11-9-15-7-8-16-11/h3-9H,2,14H2,1H3. The van der Waals surface area contributed by atoms with Gasteiger partial charge in [0.2, 0.25) is 0 Å². The molecule has 0 bridgehead atoms. The van der Waals surface area contributed by atoms with Crippen LogP contribution in [0.1, 0.15) is 17.4 Å². The first-order chi connectivity index (χ1) is 8.74. The van der Waals surface area contributed by atoms with E-state index in [1.54, 1.807) is 11.0 Å². The predicted molar refractivity (Wildman–Crippen MR) is 70.2 cm³/mol. The maximum atomic E-state index is 12.3. The van der Waals surface area contributed by atoms with E-state index in [1.165, 1.54) is 18.6 Å². The highest BCUT2D eigenvalue weighted by Gasteiger charge is 2.18. The van der Waals surface area contributed by atoms with Crippen LogP contribution in [0.2, 0.25) is 0 Å². The summed E-state index contributed by atoms with van der Waals surface area (Å²) in [5, 5.41) is 0. The van der Waals surface area contributed by atoms with Gasteiger partial charge in [-0.05, 0) is 19.1 Å². The zero-order chi connectivity index (χ0) is 13.0. The van der Waals surface area contributed by atoms with E-state index in [9.17, 15) is 4.79 Å². The van der Waals surface area contributed by atoms with E-state index in [0.717, 1.165) is 0 Å². The number of para-hydroxylation sites is 2. The number of hydrogen-bond donors (Lipinski definition) is 1. The summed E-state index contributed by atoms with van der Waals surface area (Å²) in [5.41, 5.74) is 7.45. The maximum absolute atomic E-state index is 12.3. The van der Waals surface area contributed by atoms with Crippen LogP contribution < -0.4 is 10.6 Å². The predicted octanol–water partition coefficient (Wildman–Crippen LogP) is 1.73. The summed E-state index contributed by atoms with van der Waals surface area (Å²) in [4.78, 5) is 21.8. The number of carbonyl (C=O) groups is 1. The second-order valence-electron chi connectivity index (χ2n) is 3.70. The lowest BCUT2D eigenvalue weighted by molar-refractivity contribution is 0.0983. The van der Waals surface area contributed by atoms with Gasteiger partial charge in [-0.25, -0.2) is 4.98 Å². The summed E-state index contributed by atoms with van der Waals surface area (Å²) in [7, 11) is 0. The topological polar surface area (TPSA) is 72.1 Å². The number of nitrogens with two attached hydrogens (primary N) is 1. The molecule has 1 amide bonds. The minimum Gasteiger partial charge on any atom is -0.397 e. The molecule has 0 radical (unpaired) electrons. The molecule has 5 nitrogen and oxygen atoms in total. The summed E-state index contributed by atoms with van der Waals surface area (Å²) >= 11 is 0. The maximum Gasteiger partial charge on any atom is 0.278 e. The van der Waals surface area contributed by atoms with Crippen molar-refractivity contribution >= 4 is 17.3 Å². The van der Waals surface area contributed by atoms with Crippen molar-refractivity contribution < 1.29 is 4.79 Å². The van der Waals surface area contributed by atoms with Crippen molar-refractivity contribution in [3.05, 3.63) is 48.5 Å². The first-order valence-electron chi connectivity index (χ1n) is 5.66. The third-order valence-electron chi connectivity index (χ3n) is 2.57. The molecule has 0 atom stereocenters. The fourth-order valence-electron chi connectivity index (χ4n) is 1.70. The molecular formula is C13H14N4O. The quantitative estimate of drug-likeness (QED) is 0.832. The van der Waals surface area contributed by atoms with Crippen LogP contribution in [-0.4, -0.2) is 22.4 Å². The van der Waals surface area contributed by atoms with Gasteiger partial charge < -0.3 is 10.6 Å². The highest BCUT2D eigenvalue weighted by molar-refractivity contribution is 6.06. The Bertz CT molecular complexity index is 542. The fourth-order valence-corrected chi connectivity index (χ4v) is 1.70. The van der Waals surface area contributed by atoms with Gasteiger partial charge in [0, 0.05) is 18.9 Å². The molecule has 0 saturated carbocycles. The number of carbonyl (C=O) groups excluding carboxylic acids is 1. The minimum absolute atomic E-state index is 0.205. The molecule has 0 saturated heterocycles. The van der Waals surface area contributed by atoms with E-state index in [-0.39, 0.29) is 5.91 Å². The number of anilines is 2. The van der Waals surface area contributed by atoms with Crippen molar-refractivity contribution in [3.8, 4) is 0 Å². The molecular weight excluding hydrogens is 228 g/mol. The van der Waals surface area contributed by atoms with Gasteiger partial charge in [-0.3, -0.25) is 9.78 Å². The van der Waals surface area contributed by atoms with E-state index in [0.29, 0.717) is 23.6 Å². The average Bonchev–Trinajstić information content (AvgIpc) is 2.42. The van der Waals surface area contributed by atoms with Crippen molar-refractivity contribution in [2.24, 2.45) is 0 Å². The molecule has 0 unspecified atom stereocenters. The first-order valence-corrected chi connectivity index (χ1v) is 5.66. The summed E-state index contributed by atoms with van der Waals surface area (Å²) in [6.45, 7) is 2.41. The number of aromatic nitrogens is 2. The SMILES string of the molecule is CCN(C(=O)c1cnccn1)c1ccccc1N. The Morgan fingerprint density at radius 2 is 2.11 bits per heavy atom. The number of hydrogen-bond acceptors (Lipinski definition) is 4. The third kappa shape index (κ3) is 2.29. The van der Waals surface area contributed by atoms with E-state index in [1.807, 2.05) is 25.1 Å². The third-order valence-corrected chi connectivity index (χ3v) is 2.57. The zero-order valence-corrected chi connectivity index (χ0v) is 10.1. The van der Waals surface area contributed by atoms with Crippen molar-refractivity contribution in [1.82, 2.24) is 9.97 Å². The van der Waals surface area contributed by atoms with Gasteiger partial charge in [0.05, 0.1) is 17.6 Å². The molecule has 1 aromatic heterocycles. The van der Waals surface area contributed by atoms with Crippen LogP contribution in [0.4, 0.5) is 11.4 Å². The lowest BCUT2D eigenvalue weighted by atomic mass is 10.2. The smallest absolute Gasteiger partial charge is 0.278 e. The Balaban J connectivity index is 2.36. The van der Waals surface area contributed by atoms with Crippen LogP contribution in [0, 0.1) is 0 Å². The number of benzene rings is 1. The van der Waals surface area contributed by atoms with Gasteiger partial charge >= 0.3 is 0 Å². The van der Waals surface area contributed by atoms with Crippen LogP contribution >= 0.6 is 0 Å². The van der Waals surface area contributed by atoms with Gasteiger partial charge in [0.15, 0.2) is 0 Å². The lowest BCUT2D eigenvalue weighted by Gasteiger charge is -2.21. The Kier molecular flexibility index (Phi) is 3.52. The molecule has 0 aliphatic rings. The van der Waals surface area contributed by atoms with Crippen LogP contribution in [0.3, 0.4) is 0 Å². The van der Waals surface area contributed by atoms with Crippen molar-refractivity contribution in [3.63, 3.8) is 0 Å². The molecule has 18 heavy (non-hydrogen) atoms. The summed E-state index contributed by atoms with van der Waals surface area (Å²) in [5.74, 6) is -0.205. The summed E-state index contributed by atoms with van der Waals surface area (Å²) in [6.07, 6.45) is 4.48. The molecule has 2 N–H and O–H groups in total. The largest absolute Gasteiger partial charge is 0.397 e. The van der Waals surface area contributed by atoms with E-state index >= 15 is 0 Å². The van der Waals surface area contributed by atoms with Gasteiger partial charge in [-0.1, -0.05) is 12.1 Å². The second-order valence-corrected chi connectivity index (χ2v) is 3.70. The van der Waals surface area contributed by atoms with Crippen LogP contribution in [0.5, 0.6) is 0 Å². The Morgan fingerprint density at radius 1 is 1.33 bits per heavy atom. The molecule has 2 rings (SSSR count). The second kappa shape index (κ2) is 5.27. The van der Waals surface area contributed by atoms with Crippen LogP contribution in [0.15, 0.2) is 42.9 Å². The number of amides is 1. The van der Waals surface area contributed by atoms with Crippen molar-refractivity contribution in [2.75, 3.05) is 17.2 Å². The lowest BCUT2D eigenvalue weighted by Crippen LogP contribution is -2.32. The molecule has 0 aliphatic carbocycles. The van der Waals surface area contributed by atoms with Gasteiger partial charge in [-0.15, -0.1) is 0 Å². The highest BCUT2D eigenvalue weighted by Crippen LogP contribution is 2.23. The number of nitrogen functional groups attached to an aromatic ring is 1. The van der Waals surface area contributed by atoms with Gasteiger partial charge in [-0.2, -0.15) is 0 Å². The highest BCUT2D eigenvalue weighted by atomic mass is 16.2. The molecule has 1 heterocycles. The molecule has 0 fully saturated rings. The fraction of sp³-hybridized carbons (Fsp3) is 0.154. The van der Waals surface area contributed by atoms with Gasteiger partial charge in [0.1, 0.15) is 5.69 Å². The Labute approximate surface area is 105 Å². The molecule has 0 aliphatic heterocycles. The zero-order valence-electron chi connectivity index (χ0n) is 10.1. The van der Waals surface area contributed by atoms with E-state index in [2.05, 4.69) is 9.97 Å².